The zero-order chi connectivity index (χ0) is 16.1. The molecule has 0 bridgehead atoms. The highest BCUT2D eigenvalue weighted by molar-refractivity contribution is 6.30. The molecule has 1 aromatic rings. The van der Waals surface area contributed by atoms with Crippen LogP contribution in [0.3, 0.4) is 0 Å². The van der Waals surface area contributed by atoms with Crippen LogP contribution in [0.1, 0.15) is 18.4 Å². The van der Waals surface area contributed by atoms with Gasteiger partial charge in [0.15, 0.2) is 0 Å². The molecule has 1 aliphatic rings. The maximum Gasteiger partial charge on any atom is 0.320 e. The van der Waals surface area contributed by atoms with Crippen LogP contribution < -0.4 is 10.1 Å². The van der Waals surface area contributed by atoms with Gasteiger partial charge in [-0.25, -0.2) is 0 Å². The van der Waals surface area contributed by atoms with Gasteiger partial charge in [-0.2, -0.15) is 0 Å². The maximum absolute atomic E-state index is 12.3. The molecule has 0 spiro atoms. The average molecular weight is 327 g/mol. The third kappa shape index (κ3) is 4.11. The first-order chi connectivity index (χ1) is 10.5. The summed E-state index contributed by atoms with van der Waals surface area (Å²) in [6.07, 6.45) is 0.429. The number of ether oxygens (including phenoxy) is 1. The number of rotatable bonds is 5. The fraction of sp³-hybridized carbons (Fsp3) is 0.467. The van der Waals surface area contributed by atoms with Crippen LogP contribution >= 0.6 is 11.6 Å². The number of fused-ring (bicyclic) bond motifs is 1. The van der Waals surface area contributed by atoms with Crippen molar-refractivity contribution in [2.75, 3.05) is 20.2 Å². The van der Waals surface area contributed by atoms with Crippen LogP contribution in [0.4, 0.5) is 0 Å². The molecular formula is C15H19ClN2O4. The summed E-state index contributed by atoms with van der Waals surface area (Å²) in [5, 5.41) is 12.3. The molecule has 7 heteroatoms. The van der Waals surface area contributed by atoms with Gasteiger partial charge in [0.05, 0.1) is 6.54 Å². The molecule has 1 atom stereocenters. The zero-order valence-corrected chi connectivity index (χ0v) is 13.1. The van der Waals surface area contributed by atoms with Gasteiger partial charge in [0.2, 0.25) is 5.91 Å². The molecule has 0 radical (unpaired) electrons. The van der Waals surface area contributed by atoms with E-state index in [0.717, 1.165) is 11.3 Å². The van der Waals surface area contributed by atoms with Crippen molar-refractivity contribution in [1.29, 1.82) is 0 Å². The van der Waals surface area contributed by atoms with Crippen molar-refractivity contribution < 1.29 is 19.4 Å². The Balaban J connectivity index is 2.00. The molecule has 1 aliphatic heterocycles. The van der Waals surface area contributed by atoms with Crippen molar-refractivity contribution >= 4 is 23.5 Å². The summed E-state index contributed by atoms with van der Waals surface area (Å²) >= 11 is 5.98. The van der Waals surface area contributed by atoms with Gasteiger partial charge in [0.25, 0.3) is 0 Å². The number of carbonyl (C=O) groups excluding carboxylic acids is 1. The van der Waals surface area contributed by atoms with Crippen LogP contribution in [-0.2, 0) is 16.1 Å². The third-order valence-electron chi connectivity index (χ3n) is 3.65. The third-order valence-corrected chi connectivity index (χ3v) is 3.88. The number of carbonyl (C=O) groups is 2. The Labute approximate surface area is 134 Å². The lowest BCUT2D eigenvalue weighted by Crippen LogP contribution is -2.37. The number of hydrogen-bond acceptors (Lipinski definition) is 4. The largest absolute Gasteiger partial charge is 0.491 e. The number of likely N-dealkylation sites (N-methyl/N-ethyl adjacent to an activating group) is 1. The molecule has 22 heavy (non-hydrogen) atoms. The van der Waals surface area contributed by atoms with Crippen LogP contribution in [0.2, 0.25) is 5.02 Å². The van der Waals surface area contributed by atoms with Crippen LogP contribution in [-0.4, -0.2) is 48.1 Å². The number of amides is 1. The number of halogens is 1. The van der Waals surface area contributed by atoms with Gasteiger partial charge in [-0.05, 0) is 31.7 Å². The minimum Gasteiger partial charge on any atom is -0.491 e. The molecule has 0 saturated carbocycles. The first-order valence-electron chi connectivity index (χ1n) is 7.10. The normalized spacial score (nSPS) is 15.5. The lowest BCUT2D eigenvalue weighted by atomic mass is 10.1. The minimum absolute atomic E-state index is 0.0853. The Morgan fingerprint density at radius 3 is 2.95 bits per heavy atom. The number of carboxylic acid groups (broad SMARTS) is 1. The van der Waals surface area contributed by atoms with E-state index in [-0.39, 0.29) is 18.7 Å². The van der Waals surface area contributed by atoms with E-state index in [1.807, 2.05) is 0 Å². The molecule has 6 nitrogen and oxygen atoms in total. The van der Waals surface area contributed by atoms with Crippen molar-refractivity contribution in [1.82, 2.24) is 10.2 Å². The van der Waals surface area contributed by atoms with Crippen molar-refractivity contribution in [3.63, 3.8) is 0 Å². The lowest BCUT2D eigenvalue weighted by Gasteiger charge is -2.21. The van der Waals surface area contributed by atoms with E-state index in [9.17, 15) is 9.59 Å². The molecule has 1 heterocycles. The second kappa shape index (κ2) is 7.47. The summed E-state index contributed by atoms with van der Waals surface area (Å²) in [6.45, 7) is 1.31. The first-order valence-corrected chi connectivity index (χ1v) is 7.48. The lowest BCUT2D eigenvalue weighted by molar-refractivity contribution is -0.139. The summed E-state index contributed by atoms with van der Waals surface area (Å²) in [5.74, 6) is -0.303. The van der Waals surface area contributed by atoms with Crippen LogP contribution in [0, 0.1) is 0 Å². The van der Waals surface area contributed by atoms with E-state index in [2.05, 4.69) is 5.32 Å². The van der Waals surface area contributed by atoms with Gasteiger partial charge in [0.1, 0.15) is 18.4 Å². The number of nitrogens with one attached hydrogen (secondary N) is 1. The molecule has 0 unspecified atom stereocenters. The van der Waals surface area contributed by atoms with Gasteiger partial charge in [-0.15, -0.1) is 0 Å². The molecule has 2 rings (SSSR count). The van der Waals surface area contributed by atoms with Crippen LogP contribution in [0.15, 0.2) is 18.2 Å². The second-order valence-electron chi connectivity index (χ2n) is 5.13. The molecule has 1 amide bonds. The Bertz CT molecular complexity index is 564. The smallest absolute Gasteiger partial charge is 0.320 e. The Morgan fingerprint density at radius 2 is 2.27 bits per heavy atom. The van der Waals surface area contributed by atoms with Crippen molar-refractivity contribution in [3.05, 3.63) is 28.8 Å². The van der Waals surface area contributed by atoms with Gasteiger partial charge < -0.3 is 20.1 Å². The SMILES string of the molecule is CN[C@@H](CCC(=O)N1CCOc2ccc(Cl)cc2C1)C(=O)O. The molecule has 0 fully saturated rings. The predicted octanol–water partition coefficient (Wildman–Crippen LogP) is 1.51. The molecule has 0 aliphatic carbocycles. The van der Waals surface area contributed by atoms with E-state index < -0.39 is 12.0 Å². The number of aliphatic carboxylic acids is 1. The van der Waals surface area contributed by atoms with Crippen LogP contribution in [0.25, 0.3) is 0 Å². The fourth-order valence-electron chi connectivity index (χ4n) is 2.39. The number of carboxylic acids is 1. The molecule has 0 aromatic heterocycles. The summed E-state index contributed by atoms with van der Waals surface area (Å²) in [7, 11) is 1.57. The Morgan fingerprint density at radius 1 is 1.50 bits per heavy atom. The molecule has 2 N–H and O–H groups in total. The first kappa shape index (κ1) is 16.6. The standard InChI is InChI=1S/C15H19ClN2O4/c1-17-12(15(20)21)3-5-14(19)18-6-7-22-13-4-2-11(16)8-10(13)9-18/h2,4,8,12,17H,3,5-7,9H2,1H3,(H,20,21)/t12-/m0/s1. The monoisotopic (exact) mass is 326 g/mol. The highest BCUT2D eigenvalue weighted by Gasteiger charge is 2.22. The number of benzene rings is 1. The molecule has 1 aromatic carbocycles. The zero-order valence-electron chi connectivity index (χ0n) is 12.3. The summed E-state index contributed by atoms with van der Waals surface area (Å²) < 4.78 is 5.61. The van der Waals surface area contributed by atoms with Crippen LogP contribution in [0.5, 0.6) is 5.75 Å². The topological polar surface area (TPSA) is 78.9 Å². The van der Waals surface area contributed by atoms with E-state index >= 15 is 0 Å². The van der Waals surface area contributed by atoms with E-state index in [1.54, 1.807) is 30.1 Å². The van der Waals surface area contributed by atoms with Gasteiger partial charge >= 0.3 is 5.97 Å². The summed E-state index contributed by atoms with van der Waals surface area (Å²) in [5.41, 5.74) is 0.863. The highest BCUT2D eigenvalue weighted by atomic mass is 35.5. The molecule has 0 saturated heterocycles. The van der Waals surface area contributed by atoms with E-state index in [1.165, 1.54) is 0 Å². The number of hydrogen-bond donors (Lipinski definition) is 2. The number of nitrogens with zero attached hydrogens (tertiary/aromatic N) is 1. The van der Waals surface area contributed by atoms with Crippen molar-refractivity contribution in [3.8, 4) is 5.75 Å². The predicted molar refractivity (Wildman–Crippen MR) is 82.1 cm³/mol. The van der Waals surface area contributed by atoms with Gasteiger partial charge in [0, 0.05) is 23.6 Å². The highest BCUT2D eigenvalue weighted by Crippen LogP contribution is 2.26. The summed E-state index contributed by atoms with van der Waals surface area (Å²) in [6, 6.07) is 4.62. The van der Waals surface area contributed by atoms with Gasteiger partial charge in [-0.1, -0.05) is 11.6 Å². The second-order valence-corrected chi connectivity index (χ2v) is 5.57. The molecular weight excluding hydrogens is 308 g/mol. The quantitative estimate of drug-likeness (QED) is 0.857. The Kier molecular flexibility index (Phi) is 5.63. The molecule has 120 valence electrons. The van der Waals surface area contributed by atoms with E-state index in [0.29, 0.717) is 24.7 Å². The Hall–Kier alpha value is -1.79. The summed E-state index contributed by atoms with van der Waals surface area (Å²) in [4.78, 5) is 24.9. The minimum atomic E-state index is -0.952. The van der Waals surface area contributed by atoms with Gasteiger partial charge in [-0.3, -0.25) is 9.59 Å². The fourth-order valence-corrected chi connectivity index (χ4v) is 2.59. The van der Waals surface area contributed by atoms with E-state index in [4.69, 9.17) is 21.4 Å². The average Bonchev–Trinajstić information content (AvgIpc) is 2.69. The maximum atomic E-state index is 12.3. The van der Waals surface area contributed by atoms with Crippen molar-refractivity contribution in [2.24, 2.45) is 0 Å². The van der Waals surface area contributed by atoms with Crippen molar-refractivity contribution in [2.45, 2.75) is 25.4 Å².